The van der Waals surface area contributed by atoms with Crippen LogP contribution in [0.1, 0.15) is 26.2 Å². The fourth-order valence-corrected chi connectivity index (χ4v) is 1.69. The number of carbonyl (C=O) groups excluding carboxylic acids is 3. The molecule has 0 bridgehead atoms. The molecule has 0 aliphatic rings. The number of primary amides is 3. The molecule has 110 valence electrons. The van der Waals surface area contributed by atoms with Gasteiger partial charge in [0, 0.05) is 18.6 Å². The summed E-state index contributed by atoms with van der Waals surface area (Å²) >= 11 is 0. The fourth-order valence-electron chi connectivity index (χ4n) is 1.69. The number of carbonyl (C=O) groups is 3. The molecule has 0 aliphatic heterocycles. The summed E-state index contributed by atoms with van der Waals surface area (Å²) in [6.45, 7) is 2.18. The summed E-state index contributed by atoms with van der Waals surface area (Å²) in [6, 6.07) is -2.40. The molecule has 9 heteroatoms. The van der Waals surface area contributed by atoms with Gasteiger partial charge in [-0.25, -0.2) is 14.4 Å². The molecule has 0 heterocycles. The second-order valence-corrected chi connectivity index (χ2v) is 4.13. The quantitative estimate of drug-likeness (QED) is 0.332. The minimum Gasteiger partial charge on any atom is -0.352 e. The highest BCUT2D eigenvalue weighted by Gasteiger charge is 2.17. The molecule has 2 atom stereocenters. The van der Waals surface area contributed by atoms with Gasteiger partial charge < -0.3 is 33.2 Å². The topological polar surface area (TPSA) is 165 Å². The van der Waals surface area contributed by atoms with Crippen molar-refractivity contribution in [2.24, 2.45) is 17.2 Å². The summed E-state index contributed by atoms with van der Waals surface area (Å²) in [5.41, 5.74) is 15.1. The van der Waals surface area contributed by atoms with Crippen LogP contribution < -0.4 is 33.2 Å². The van der Waals surface area contributed by atoms with Crippen molar-refractivity contribution >= 4 is 18.1 Å². The molecular formula is C10H22N6O3. The molecule has 0 aromatic carbocycles. The Morgan fingerprint density at radius 1 is 0.947 bits per heavy atom. The van der Waals surface area contributed by atoms with E-state index >= 15 is 0 Å². The van der Waals surface area contributed by atoms with Crippen LogP contribution in [0.5, 0.6) is 0 Å². The Morgan fingerprint density at radius 2 is 1.47 bits per heavy atom. The third-order valence-corrected chi connectivity index (χ3v) is 2.55. The molecule has 19 heavy (non-hydrogen) atoms. The lowest BCUT2D eigenvalue weighted by Gasteiger charge is -2.23. The number of rotatable bonds is 8. The van der Waals surface area contributed by atoms with E-state index in [1.54, 1.807) is 0 Å². The first-order chi connectivity index (χ1) is 8.85. The third kappa shape index (κ3) is 9.51. The second kappa shape index (κ2) is 8.84. The summed E-state index contributed by atoms with van der Waals surface area (Å²) in [5, 5.41) is 7.53. The van der Waals surface area contributed by atoms with Gasteiger partial charge in [-0.05, 0) is 19.3 Å². The van der Waals surface area contributed by atoms with E-state index in [2.05, 4.69) is 16.0 Å². The van der Waals surface area contributed by atoms with Crippen molar-refractivity contribution in [1.29, 1.82) is 0 Å². The maximum atomic E-state index is 10.9. The molecule has 0 fully saturated rings. The van der Waals surface area contributed by atoms with E-state index in [9.17, 15) is 14.4 Å². The highest BCUT2D eigenvalue weighted by molar-refractivity contribution is 5.73. The normalized spacial score (nSPS) is 13.1. The molecule has 0 aliphatic carbocycles. The molecule has 9 nitrogen and oxygen atoms in total. The van der Waals surface area contributed by atoms with E-state index in [0.717, 1.165) is 0 Å². The number of nitrogens with two attached hydrogens (primary N) is 3. The second-order valence-electron chi connectivity index (χ2n) is 4.13. The Morgan fingerprint density at radius 3 is 1.89 bits per heavy atom. The first-order valence-electron chi connectivity index (χ1n) is 6.00. The molecule has 0 spiro atoms. The molecule has 0 saturated heterocycles. The van der Waals surface area contributed by atoms with Crippen LogP contribution in [0.2, 0.25) is 0 Å². The van der Waals surface area contributed by atoms with Gasteiger partial charge in [-0.3, -0.25) is 0 Å². The van der Waals surface area contributed by atoms with Gasteiger partial charge in [0.15, 0.2) is 0 Å². The van der Waals surface area contributed by atoms with E-state index < -0.39 is 18.1 Å². The zero-order valence-corrected chi connectivity index (χ0v) is 10.9. The molecule has 6 amide bonds. The minimum atomic E-state index is -0.669. The lowest BCUT2D eigenvalue weighted by molar-refractivity contribution is 0.237. The van der Waals surface area contributed by atoms with Gasteiger partial charge in [0.2, 0.25) is 0 Å². The Hall–Kier alpha value is -2.19. The maximum Gasteiger partial charge on any atom is 0.312 e. The van der Waals surface area contributed by atoms with Crippen LogP contribution in [0.3, 0.4) is 0 Å². The molecule has 0 saturated carbocycles. The van der Waals surface area contributed by atoms with Gasteiger partial charge in [0.1, 0.15) is 0 Å². The van der Waals surface area contributed by atoms with E-state index in [0.29, 0.717) is 25.8 Å². The number of hydrogen-bond acceptors (Lipinski definition) is 3. The lowest BCUT2D eigenvalue weighted by Crippen LogP contribution is -2.47. The predicted molar refractivity (Wildman–Crippen MR) is 70.1 cm³/mol. The van der Waals surface area contributed by atoms with Crippen molar-refractivity contribution < 1.29 is 14.4 Å². The monoisotopic (exact) mass is 274 g/mol. The predicted octanol–water partition coefficient (Wildman–Crippen LogP) is -1.08. The fraction of sp³-hybridized carbons (Fsp3) is 0.700. The van der Waals surface area contributed by atoms with Crippen LogP contribution in [-0.2, 0) is 0 Å². The maximum absolute atomic E-state index is 10.9. The van der Waals surface area contributed by atoms with E-state index in [1.165, 1.54) is 0 Å². The summed E-state index contributed by atoms with van der Waals surface area (Å²) in [7, 11) is 0. The number of amides is 6. The molecule has 0 aromatic rings. The van der Waals surface area contributed by atoms with Gasteiger partial charge in [-0.1, -0.05) is 6.92 Å². The molecular weight excluding hydrogens is 252 g/mol. The van der Waals surface area contributed by atoms with Crippen LogP contribution in [-0.4, -0.2) is 36.7 Å². The summed E-state index contributed by atoms with van der Waals surface area (Å²) in [4.78, 5) is 32.2. The molecule has 0 aromatic heterocycles. The highest BCUT2D eigenvalue weighted by atomic mass is 16.2. The largest absolute Gasteiger partial charge is 0.352 e. The van der Waals surface area contributed by atoms with Crippen molar-refractivity contribution in [1.82, 2.24) is 16.0 Å². The Bertz CT molecular complexity index is 322. The average Bonchev–Trinajstić information content (AvgIpc) is 2.25. The van der Waals surface area contributed by atoms with Crippen molar-refractivity contribution in [3.05, 3.63) is 0 Å². The van der Waals surface area contributed by atoms with Crippen molar-refractivity contribution in [2.75, 3.05) is 6.54 Å². The van der Waals surface area contributed by atoms with Gasteiger partial charge in [0.25, 0.3) is 0 Å². The van der Waals surface area contributed by atoms with Gasteiger partial charge in [0.05, 0.1) is 0 Å². The standard InChI is InChI=1S/C10H22N6O3/c1-2-6(15-9(12)18)5-7(16-10(13)19)3-4-14-8(11)17/h6-7H,2-5H2,1H3,(H3,11,14,17)(H3,12,15,18)(H3,13,16,19). The SMILES string of the molecule is CCC(CC(CCNC(N)=O)NC(N)=O)NC(N)=O. The lowest BCUT2D eigenvalue weighted by atomic mass is 10.0. The van der Waals surface area contributed by atoms with Crippen molar-refractivity contribution in [2.45, 2.75) is 38.3 Å². The summed E-state index contributed by atoms with van der Waals surface area (Å²) in [6.07, 6.45) is 1.56. The third-order valence-electron chi connectivity index (χ3n) is 2.55. The summed E-state index contributed by atoms with van der Waals surface area (Å²) < 4.78 is 0. The Kier molecular flexibility index (Phi) is 7.82. The van der Waals surface area contributed by atoms with Crippen molar-refractivity contribution in [3.8, 4) is 0 Å². The van der Waals surface area contributed by atoms with Crippen LogP contribution >= 0.6 is 0 Å². The van der Waals surface area contributed by atoms with Crippen LogP contribution in [0.15, 0.2) is 0 Å². The molecule has 0 radical (unpaired) electrons. The molecule has 0 rings (SSSR count). The minimum absolute atomic E-state index is 0.178. The first-order valence-corrected chi connectivity index (χ1v) is 6.00. The summed E-state index contributed by atoms with van der Waals surface area (Å²) in [5.74, 6) is 0. The zero-order valence-electron chi connectivity index (χ0n) is 10.9. The first kappa shape index (κ1) is 16.8. The van der Waals surface area contributed by atoms with Crippen LogP contribution in [0.4, 0.5) is 14.4 Å². The van der Waals surface area contributed by atoms with Crippen LogP contribution in [0, 0.1) is 0 Å². The van der Waals surface area contributed by atoms with E-state index in [-0.39, 0.29) is 12.1 Å². The smallest absolute Gasteiger partial charge is 0.312 e. The van der Waals surface area contributed by atoms with E-state index in [4.69, 9.17) is 17.2 Å². The Labute approximate surface area is 111 Å². The highest BCUT2D eigenvalue weighted by Crippen LogP contribution is 2.05. The van der Waals surface area contributed by atoms with Gasteiger partial charge in [-0.2, -0.15) is 0 Å². The molecule has 2 unspecified atom stereocenters. The van der Waals surface area contributed by atoms with Gasteiger partial charge >= 0.3 is 18.1 Å². The van der Waals surface area contributed by atoms with Crippen molar-refractivity contribution in [3.63, 3.8) is 0 Å². The Balaban J connectivity index is 4.33. The van der Waals surface area contributed by atoms with Gasteiger partial charge in [-0.15, -0.1) is 0 Å². The number of hydrogen-bond donors (Lipinski definition) is 6. The van der Waals surface area contributed by atoms with E-state index in [1.807, 2.05) is 6.92 Å². The molecule has 9 N–H and O–H groups in total. The number of urea groups is 3. The zero-order chi connectivity index (χ0) is 14.8. The van der Waals surface area contributed by atoms with Crippen LogP contribution in [0.25, 0.3) is 0 Å². The number of nitrogens with one attached hydrogen (secondary N) is 3. The average molecular weight is 274 g/mol.